The fourth-order valence-electron chi connectivity index (χ4n) is 2.63. The molecule has 0 fully saturated rings. The van der Waals surface area contributed by atoms with Crippen LogP contribution in [-0.4, -0.2) is 11.8 Å². The van der Waals surface area contributed by atoms with E-state index in [1.807, 2.05) is 68.6 Å². The van der Waals surface area contributed by atoms with Gasteiger partial charge in [-0.05, 0) is 37.8 Å². The van der Waals surface area contributed by atoms with Crippen LogP contribution in [0.2, 0.25) is 0 Å². The Balaban J connectivity index is 1.94. The quantitative estimate of drug-likeness (QED) is 0.446. The number of rotatable bonds is 5. The molecule has 0 saturated carbocycles. The van der Waals surface area contributed by atoms with Gasteiger partial charge in [0.05, 0.1) is 0 Å². The molecule has 0 aliphatic rings. The van der Waals surface area contributed by atoms with Crippen LogP contribution in [0.5, 0.6) is 0 Å². The number of ether oxygens (including phenoxy) is 1. The van der Waals surface area contributed by atoms with Gasteiger partial charge in [0.25, 0.3) is 0 Å². The van der Waals surface area contributed by atoms with Crippen molar-refractivity contribution in [2.24, 2.45) is 0 Å². The van der Waals surface area contributed by atoms with E-state index in [1.54, 1.807) is 12.1 Å². The first kappa shape index (κ1) is 18.1. The van der Waals surface area contributed by atoms with E-state index in [1.165, 1.54) is 11.3 Å². The number of Topliss-reactive ketones (excluding diaryl/α,β-unsaturated/α-hetero) is 1. The van der Waals surface area contributed by atoms with E-state index in [2.05, 4.69) is 0 Å². The molecule has 1 atom stereocenters. The van der Waals surface area contributed by atoms with Crippen molar-refractivity contribution in [3.8, 4) is 0 Å². The van der Waals surface area contributed by atoms with Crippen molar-refractivity contribution >= 4 is 23.1 Å². The molecule has 2 aromatic carbocycles. The molecule has 0 N–H and O–H groups in total. The van der Waals surface area contributed by atoms with Crippen LogP contribution in [0.3, 0.4) is 0 Å². The molecule has 0 amide bonds. The fourth-order valence-corrected chi connectivity index (χ4v) is 3.43. The summed E-state index contributed by atoms with van der Waals surface area (Å²) in [6.45, 7) is 5.79. The predicted octanol–water partition coefficient (Wildman–Crippen LogP) is 5.45. The topological polar surface area (TPSA) is 43.4 Å². The van der Waals surface area contributed by atoms with Crippen LogP contribution in [0.4, 0.5) is 0 Å². The Kier molecular flexibility index (Phi) is 5.33. The molecule has 26 heavy (non-hydrogen) atoms. The summed E-state index contributed by atoms with van der Waals surface area (Å²) in [5.74, 6) is -0.694. The third kappa shape index (κ3) is 3.92. The number of carbonyl (C=O) groups is 2. The Bertz CT molecular complexity index is 921. The van der Waals surface area contributed by atoms with Crippen LogP contribution < -0.4 is 0 Å². The maximum Gasteiger partial charge on any atom is 0.349 e. The fraction of sp³-hybridized carbons (Fsp3) is 0.182. The summed E-state index contributed by atoms with van der Waals surface area (Å²) in [6, 6.07) is 16.6. The molecule has 0 aliphatic heterocycles. The average molecular weight is 364 g/mol. The van der Waals surface area contributed by atoms with Crippen LogP contribution in [-0.2, 0) is 4.74 Å². The van der Waals surface area contributed by atoms with Gasteiger partial charge in [0.1, 0.15) is 4.88 Å². The van der Waals surface area contributed by atoms with Gasteiger partial charge in [0.15, 0.2) is 6.10 Å². The Labute approximate surface area is 157 Å². The lowest BCUT2D eigenvalue weighted by atomic mass is 9.98. The van der Waals surface area contributed by atoms with Crippen molar-refractivity contribution in [2.75, 3.05) is 0 Å². The van der Waals surface area contributed by atoms with Gasteiger partial charge in [-0.25, -0.2) is 4.79 Å². The Morgan fingerprint density at radius 3 is 1.96 bits per heavy atom. The van der Waals surface area contributed by atoms with Crippen LogP contribution in [0.1, 0.15) is 48.4 Å². The van der Waals surface area contributed by atoms with E-state index in [0.29, 0.717) is 16.0 Å². The molecule has 3 nitrogen and oxygen atoms in total. The van der Waals surface area contributed by atoms with E-state index in [-0.39, 0.29) is 5.78 Å². The molecule has 0 saturated heterocycles. The highest BCUT2D eigenvalue weighted by atomic mass is 32.1. The third-order valence-corrected chi connectivity index (χ3v) is 5.22. The summed E-state index contributed by atoms with van der Waals surface area (Å²) in [4.78, 5) is 26.2. The molecule has 3 rings (SSSR count). The molecule has 3 aromatic rings. The second-order valence-electron chi connectivity index (χ2n) is 6.36. The zero-order chi connectivity index (χ0) is 18.7. The molecule has 1 aromatic heterocycles. The van der Waals surface area contributed by atoms with Gasteiger partial charge in [-0.3, -0.25) is 4.79 Å². The SMILES string of the molecule is Cc1ccc(C(=O)C(OC(=O)c2sccc2C)c2ccc(C)cc2)cc1. The molecule has 0 spiro atoms. The maximum absolute atomic E-state index is 13.1. The second-order valence-corrected chi connectivity index (χ2v) is 7.28. The number of esters is 1. The monoisotopic (exact) mass is 364 g/mol. The van der Waals surface area contributed by atoms with Gasteiger partial charge < -0.3 is 4.74 Å². The Morgan fingerprint density at radius 1 is 0.846 bits per heavy atom. The largest absolute Gasteiger partial charge is 0.445 e. The minimum atomic E-state index is -0.965. The molecular weight excluding hydrogens is 344 g/mol. The lowest BCUT2D eigenvalue weighted by molar-refractivity contribution is 0.0284. The number of carbonyl (C=O) groups excluding carboxylic acids is 2. The first-order chi connectivity index (χ1) is 12.5. The highest BCUT2D eigenvalue weighted by molar-refractivity contribution is 7.12. The first-order valence-corrected chi connectivity index (χ1v) is 9.26. The number of hydrogen-bond acceptors (Lipinski definition) is 4. The molecule has 0 bridgehead atoms. The highest BCUT2D eigenvalue weighted by Gasteiger charge is 2.27. The number of hydrogen-bond donors (Lipinski definition) is 0. The molecule has 4 heteroatoms. The van der Waals surface area contributed by atoms with Crippen molar-refractivity contribution < 1.29 is 14.3 Å². The van der Waals surface area contributed by atoms with Crippen LogP contribution in [0.25, 0.3) is 0 Å². The van der Waals surface area contributed by atoms with Crippen LogP contribution in [0, 0.1) is 20.8 Å². The van der Waals surface area contributed by atoms with Gasteiger partial charge in [0.2, 0.25) is 5.78 Å². The molecule has 1 unspecified atom stereocenters. The van der Waals surface area contributed by atoms with Gasteiger partial charge in [-0.15, -0.1) is 11.3 Å². The highest BCUT2D eigenvalue weighted by Crippen LogP contribution is 2.26. The van der Waals surface area contributed by atoms with Crippen molar-refractivity contribution in [1.82, 2.24) is 0 Å². The Morgan fingerprint density at radius 2 is 1.42 bits per heavy atom. The summed E-state index contributed by atoms with van der Waals surface area (Å²) in [5, 5.41) is 1.84. The predicted molar refractivity (Wildman–Crippen MR) is 104 cm³/mol. The summed E-state index contributed by atoms with van der Waals surface area (Å²) in [5.41, 5.74) is 4.20. The lowest BCUT2D eigenvalue weighted by Gasteiger charge is -2.18. The molecule has 1 heterocycles. The molecule has 0 radical (unpaired) electrons. The summed E-state index contributed by atoms with van der Waals surface area (Å²) < 4.78 is 5.67. The summed E-state index contributed by atoms with van der Waals surface area (Å²) in [7, 11) is 0. The zero-order valence-electron chi connectivity index (χ0n) is 15.0. The maximum atomic E-state index is 13.1. The number of benzene rings is 2. The van der Waals surface area contributed by atoms with Gasteiger partial charge >= 0.3 is 5.97 Å². The molecular formula is C22H20O3S. The van der Waals surface area contributed by atoms with E-state index in [9.17, 15) is 9.59 Å². The number of thiophene rings is 1. The Hall–Kier alpha value is -2.72. The third-order valence-electron chi connectivity index (χ3n) is 4.23. The van der Waals surface area contributed by atoms with Crippen molar-refractivity contribution in [2.45, 2.75) is 26.9 Å². The van der Waals surface area contributed by atoms with Gasteiger partial charge in [-0.2, -0.15) is 0 Å². The van der Waals surface area contributed by atoms with E-state index < -0.39 is 12.1 Å². The molecule has 0 aliphatic carbocycles. The molecule has 132 valence electrons. The van der Waals surface area contributed by atoms with Crippen molar-refractivity contribution in [1.29, 1.82) is 0 Å². The number of ketones is 1. The summed E-state index contributed by atoms with van der Waals surface area (Å²) >= 11 is 1.32. The van der Waals surface area contributed by atoms with Crippen molar-refractivity contribution in [3.05, 3.63) is 92.7 Å². The smallest absolute Gasteiger partial charge is 0.349 e. The number of aryl methyl sites for hydroxylation is 3. The standard InChI is InChI=1S/C22H20O3S/c1-14-4-8-17(9-5-14)19(23)20(18-10-6-15(2)7-11-18)25-22(24)21-16(3)12-13-26-21/h4-13,20H,1-3H3. The van der Waals surface area contributed by atoms with E-state index in [0.717, 1.165) is 16.7 Å². The van der Waals surface area contributed by atoms with Gasteiger partial charge in [-0.1, -0.05) is 59.7 Å². The summed E-state index contributed by atoms with van der Waals surface area (Å²) in [6.07, 6.45) is -0.965. The van der Waals surface area contributed by atoms with Gasteiger partial charge in [0, 0.05) is 11.1 Å². The first-order valence-electron chi connectivity index (χ1n) is 8.38. The van der Waals surface area contributed by atoms with Crippen molar-refractivity contribution in [3.63, 3.8) is 0 Å². The lowest BCUT2D eigenvalue weighted by Crippen LogP contribution is -2.20. The normalized spacial score (nSPS) is 11.8. The van der Waals surface area contributed by atoms with E-state index in [4.69, 9.17) is 4.74 Å². The second kappa shape index (κ2) is 7.67. The minimum Gasteiger partial charge on any atom is -0.445 e. The van der Waals surface area contributed by atoms with E-state index >= 15 is 0 Å². The zero-order valence-corrected chi connectivity index (χ0v) is 15.8. The average Bonchev–Trinajstić information content (AvgIpc) is 3.06. The minimum absolute atomic E-state index is 0.226. The van der Waals surface area contributed by atoms with Crippen LogP contribution >= 0.6 is 11.3 Å². The van der Waals surface area contributed by atoms with Crippen LogP contribution in [0.15, 0.2) is 60.0 Å².